The van der Waals surface area contributed by atoms with Gasteiger partial charge in [0, 0.05) is 62.4 Å². The maximum absolute atomic E-state index is 14.5. The lowest BCUT2D eigenvalue weighted by Gasteiger charge is -2.34. The minimum atomic E-state index is -2.36. The van der Waals surface area contributed by atoms with Crippen LogP contribution in [0.1, 0.15) is 89.9 Å². The number of aliphatic hydroxyl groups is 8. The van der Waals surface area contributed by atoms with Crippen LogP contribution < -0.4 is 36.5 Å². The minimum absolute atomic E-state index is 0.185. The van der Waals surface area contributed by atoms with E-state index in [2.05, 4.69) is 59.2 Å². The number of aromatic hydroxyl groups is 1. The number of fused-ring (bicyclic) bond motifs is 2. The summed E-state index contributed by atoms with van der Waals surface area (Å²) >= 11 is 0. The van der Waals surface area contributed by atoms with E-state index < -0.39 is 177 Å². The molecular weight excluding hydrogens is 1150 g/mol. The molecule has 0 aliphatic carbocycles. The van der Waals surface area contributed by atoms with Crippen LogP contribution in [0.3, 0.4) is 0 Å². The molecule has 15 atom stereocenters. The number of ether oxygens (including phenoxy) is 2. The third-order valence-electron chi connectivity index (χ3n) is 15.5. The van der Waals surface area contributed by atoms with E-state index in [0.717, 1.165) is 83.2 Å². The Balaban J connectivity index is 0.000000425. The zero-order chi connectivity index (χ0) is 64.8. The summed E-state index contributed by atoms with van der Waals surface area (Å²) in [6.07, 6.45) is -15.8. The highest BCUT2D eigenvalue weighted by Crippen LogP contribution is 2.34. The predicted octanol–water partition coefficient (Wildman–Crippen LogP) is -1.28. The fourth-order valence-electron chi connectivity index (χ4n) is 10.5. The Bertz CT molecular complexity index is 3070. The van der Waals surface area contributed by atoms with Gasteiger partial charge in [0.1, 0.15) is 60.0 Å². The van der Waals surface area contributed by atoms with Crippen molar-refractivity contribution in [2.45, 2.75) is 159 Å². The van der Waals surface area contributed by atoms with Crippen molar-refractivity contribution in [3.8, 4) is 39.8 Å². The van der Waals surface area contributed by atoms with Gasteiger partial charge in [0.25, 0.3) is 0 Å². The number of hydrogen-bond acceptors (Lipinski definition) is 21. The lowest BCUT2D eigenvalue weighted by atomic mass is 9.86. The summed E-state index contributed by atoms with van der Waals surface area (Å²) in [5.41, 5.74) is 9.29. The first-order valence-corrected chi connectivity index (χ1v) is 28.8. The van der Waals surface area contributed by atoms with Gasteiger partial charge in [-0.05, 0) is 62.2 Å². The second-order valence-corrected chi connectivity index (χ2v) is 22.4. The molecule has 4 heterocycles. The topological polar surface area (TPSA) is 444 Å². The number of nitrogens with one attached hydrogen (secondary N) is 4. The number of primary amides is 1. The maximum atomic E-state index is 14.5. The highest BCUT2D eigenvalue weighted by molar-refractivity contribution is 5.98. The van der Waals surface area contributed by atoms with Gasteiger partial charge < -0.3 is 96.8 Å². The molecule has 3 fully saturated rings. The SMILES string of the molecule is CCCCCOc1ccc(-c2cc(-c3ccc(C)cc3)no2)cc1.COc1cc([C@H](O)[C@@H](O)[C@@H]2NC(=O)[C@@H]3C[C@@H](O)CN3C(=O)[C@H]([C@@H](C)O)NC(=O)[C@@H](NC(C)=O)C[C@@H](O)[C@@H](O)NC(=O)[C@@H]3[C@@H](O)[C@@H](C)CN3C(=O)[C@H]([C@H](O)CC(N)=O)CC2=O)ccc1O. The zero-order valence-electron chi connectivity index (χ0n) is 49.6. The van der Waals surface area contributed by atoms with Crippen molar-refractivity contribution in [2.24, 2.45) is 17.6 Å². The quantitative estimate of drug-likeness (QED) is 0.0581. The molecule has 28 heteroatoms. The van der Waals surface area contributed by atoms with E-state index in [4.69, 9.17) is 19.7 Å². The van der Waals surface area contributed by atoms with Crippen LogP contribution in [0.15, 0.2) is 77.3 Å². The average molecular weight is 1230 g/mol. The molecule has 15 N–H and O–H groups in total. The first-order valence-electron chi connectivity index (χ1n) is 28.8. The molecule has 28 nitrogen and oxygen atoms in total. The number of rotatable bonds is 16. The van der Waals surface area contributed by atoms with Gasteiger partial charge in [-0.2, -0.15) is 0 Å². The Hall–Kier alpha value is -8.09. The molecular formula is C60H80N8O20. The molecule has 3 aliphatic rings. The van der Waals surface area contributed by atoms with Gasteiger partial charge in [-0.3, -0.25) is 38.4 Å². The summed E-state index contributed by atoms with van der Waals surface area (Å²) in [7, 11) is 1.17. The molecule has 0 bridgehead atoms. The van der Waals surface area contributed by atoms with Gasteiger partial charge in [0.2, 0.25) is 41.4 Å². The Kier molecular flexibility index (Phi) is 24.5. The van der Waals surface area contributed by atoms with E-state index in [9.17, 15) is 84.3 Å². The molecule has 0 radical (unpaired) electrons. The van der Waals surface area contributed by atoms with Crippen LogP contribution in [0.25, 0.3) is 22.6 Å². The number of phenols is 1. The Labute approximate surface area is 507 Å². The summed E-state index contributed by atoms with van der Waals surface area (Å²) in [6.45, 7) is 7.49. The number of ketones is 1. The summed E-state index contributed by atoms with van der Waals surface area (Å²) < 4.78 is 16.3. The standard InChI is InChI=1S/C39H57N7O18.C21H23NO2/c1-14-12-46-30(31(14)55)37(61)44-36(60)25(53)10-20(41-16(3)48)34(58)42-28(15(2)47)39(63)45-13-18(49)8-21(45)35(59)43-29(24(52)9-19(38(46)62)23(51)11-27(40)54)33(57)32(56)17-5-6-22(50)26(7-17)64-4;1-3-4-5-14-23-19-12-10-18(11-13-19)21-15-20(22-24-21)17-8-6-16(2)7-9-17/h5-7,14-15,18-21,23,25,28-33,36,47,49-51,53,55-57,60H,8-13H2,1-4H3,(H2,40,54)(H,41,48)(H,42,58)(H,43,59)(H,44,61);6-13,15H,3-5,14H2,1-2H3/t14-,15+,18+,19-,20-,21-,23+,25+,28-,29+,30-,31-,32-,33-,36+;/m0./s1. The number of hydrogen-bond donors (Lipinski definition) is 14. The number of aryl methyl sites for hydroxylation is 1. The third kappa shape index (κ3) is 17.6. The summed E-state index contributed by atoms with van der Waals surface area (Å²) in [6, 6.07) is 11.9. The molecule has 480 valence electrons. The first-order chi connectivity index (χ1) is 41.6. The number of benzene rings is 3. The van der Waals surface area contributed by atoms with Gasteiger partial charge in [-0.1, -0.05) is 67.7 Å². The normalized spacial score (nSPS) is 26.3. The monoisotopic (exact) mass is 1230 g/mol. The van der Waals surface area contributed by atoms with E-state index in [1.54, 1.807) is 0 Å². The van der Waals surface area contributed by atoms with Crippen LogP contribution in [-0.4, -0.2) is 208 Å². The Morgan fingerprint density at radius 2 is 1.48 bits per heavy atom. The van der Waals surface area contributed by atoms with Crippen molar-refractivity contribution in [1.29, 1.82) is 0 Å². The number of aliphatic hydroxyl groups excluding tert-OH is 8. The number of phenolic OH excluding ortho intramolecular Hbond substituents is 1. The van der Waals surface area contributed by atoms with Gasteiger partial charge in [-0.15, -0.1) is 0 Å². The summed E-state index contributed by atoms with van der Waals surface area (Å²) in [5, 5.41) is 112. The smallest absolute Gasteiger partial charge is 0.248 e. The van der Waals surface area contributed by atoms with E-state index in [-0.39, 0.29) is 17.1 Å². The summed E-state index contributed by atoms with van der Waals surface area (Å²) in [5.74, 6) is -11.4. The number of methoxy groups -OCH3 is 1. The van der Waals surface area contributed by atoms with Crippen LogP contribution >= 0.6 is 0 Å². The number of Topliss-reactive ketones (excluding diaryl/α,β-unsaturated/α-hetero) is 1. The number of nitrogens with two attached hydrogens (primary N) is 1. The van der Waals surface area contributed by atoms with Crippen LogP contribution in [0.4, 0.5) is 0 Å². The van der Waals surface area contributed by atoms with Gasteiger partial charge >= 0.3 is 0 Å². The Morgan fingerprint density at radius 1 is 0.818 bits per heavy atom. The number of unbranched alkanes of at least 4 members (excludes halogenated alkanes) is 2. The predicted molar refractivity (Wildman–Crippen MR) is 310 cm³/mol. The van der Waals surface area contributed by atoms with Crippen molar-refractivity contribution in [1.82, 2.24) is 36.2 Å². The molecule has 88 heavy (non-hydrogen) atoms. The van der Waals surface area contributed by atoms with Crippen molar-refractivity contribution >= 4 is 47.1 Å². The number of carbonyl (C=O) groups excluding carboxylic acids is 8. The van der Waals surface area contributed by atoms with Crippen LogP contribution in [0, 0.1) is 18.8 Å². The molecule has 3 aromatic carbocycles. The molecule has 3 saturated heterocycles. The molecule has 3 aliphatic heterocycles. The van der Waals surface area contributed by atoms with E-state index >= 15 is 0 Å². The average Bonchev–Trinajstić information content (AvgIpc) is 1.89. The molecule has 7 amide bonds. The summed E-state index contributed by atoms with van der Waals surface area (Å²) in [4.78, 5) is 110. The van der Waals surface area contributed by atoms with E-state index in [1.807, 2.05) is 35.6 Å². The molecule has 0 saturated carbocycles. The minimum Gasteiger partial charge on any atom is -0.504 e. The molecule has 0 spiro atoms. The van der Waals surface area contributed by atoms with E-state index in [1.165, 1.54) is 32.4 Å². The van der Waals surface area contributed by atoms with Crippen LogP contribution in [0.5, 0.6) is 17.2 Å². The Morgan fingerprint density at radius 3 is 2.10 bits per heavy atom. The molecule has 0 unspecified atom stereocenters. The van der Waals surface area contributed by atoms with Crippen LogP contribution in [-0.2, 0) is 38.4 Å². The second-order valence-electron chi connectivity index (χ2n) is 22.4. The van der Waals surface area contributed by atoms with Crippen molar-refractivity contribution < 1.29 is 98.3 Å². The highest BCUT2D eigenvalue weighted by Gasteiger charge is 2.51. The molecule has 4 aromatic rings. The largest absolute Gasteiger partial charge is 0.504 e. The number of aromatic nitrogens is 1. The van der Waals surface area contributed by atoms with Gasteiger partial charge in [-0.25, -0.2) is 0 Å². The lowest BCUT2D eigenvalue weighted by Crippen LogP contribution is -2.61. The number of nitrogens with zero attached hydrogens (tertiary/aromatic N) is 3. The van der Waals surface area contributed by atoms with Crippen molar-refractivity contribution in [3.05, 3.63) is 83.9 Å². The fourth-order valence-corrected chi connectivity index (χ4v) is 10.5. The molecule has 7 rings (SSSR count). The number of carbonyl (C=O) groups is 8. The van der Waals surface area contributed by atoms with Gasteiger partial charge in [0.15, 0.2) is 29.3 Å². The van der Waals surface area contributed by atoms with Crippen molar-refractivity contribution in [2.75, 3.05) is 26.8 Å². The van der Waals surface area contributed by atoms with Crippen LogP contribution in [0.2, 0.25) is 0 Å². The van der Waals surface area contributed by atoms with E-state index in [0.29, 0.717) is 0 Å². The first kappa shape index (κ1) is 69.0. The van der Waals surface area contributed by atoms with Gasteiger partial charge in [0.05, 0.1) is 50.5 Å². The number of amides is 7. The fraction of sp³-hybridized carbons (Fsp3) is 0.517. The lowest BCUT2D eigenvalue weighted by molar-refractivity contribution is -0.151. The third-order valence-corrected chi connectivity index (χ3v) is 15.5. The molecule has 1 aromatic heterocycles. The highest BCUT2D eigenvalue weighted by atomic mass is 16.5. The second kappa shape index (κ2) is 31.2. The van der Waals surface area contributed by atoms with Crippen molar-refractivity contribution in [3.63, 3.8) is 0 Å². The maximum Gasteiger partial charge on any atom is 0.248 e. The zero-order valence-corrected chi connectivity index (χ0v) is 49.6.